The van der Waals surface area contributed by atoms with Gasteiger partial charge in [-0.15, -0.1) is 0 Å². The van der Waals surface area contributed by atoms with E-state index in [4.69, 9.17) is 32.7 Å². The summed E-state index contributed by atoms with van der Waals surface area (Å²) in [6.07, 6.45) is 0. The molecule has 0 aliphatic carbocycles. The number of halogens is 2. The Kier molecular flexibility index (Phi) is 8.22. The minimum atomic E-state index is -0.241. The smallest absolute Gasteiger partial charge is 0.241 e. The molecule has 2 aromatic rings. The van der Waals surface area contributed by atoms with Gasteiger partial charge in [0, 0.05) is 37.7 Å². The van der Waals surface area contributed by atoms with E-state index in [0.717, 1.165) is 44.2 Å². The number of anilines is 1. The van der Waals surface area contributed by atoms with Gasteiger partial charge in [0.2, 0.25) is 5.91 Å². The number of methoxy groups -OCH3 is 1. The summed E-state index contributed by atoms with van der Waals surface area (Å²) in [5.41, 5.74) is 0.576. The third kappa shape index (κ3) is 6.25. The second-order valence-electron chi connectivity index (χ2n) is 7.19. The summed E-state index contributed by atoms with van der Waals surface area (Å²) < 4.78 is 11.0. The van der Waals surface area contributed by atoms with Crippen LogP contribution >= 0.6 is 23.2 Å². The van der Waals surface area contributed by atoms with Crippen LogP contribution in [-0.2, 0) is 4.79 Å². The fourth-order valence-corrected chi connectivity index (χ4v) is 3.79. The number of nitrogens with zero attached hydrogens (tertiary/aromatic N) is 2. The van der Waals surface area contributed by atoms with Crippen molar-refractivity contribution in [2.75, 3.05) is 51.8 Å². The lowest BCUT2D eigenvalue weighted by molar-refractivity contribution is -0.121. The topological polar surface area (TPSA) is 54.0 Å². The van der Waals surface area contributed by atoms with Crippen LogP contribution in [0.25, 0.3) is 0 Å². The molecule has 0 bridgehead atoms. The highest BCUT2D eigenvalue weighted by Crippen LogP contribution is 2.25. The molecular weight excluding hydrogens is 425 g/mol. The van der Waals surface area contributed by atoms with Gasteiger partial charge in [0.25, 0.3) is 0 Å². The Labute approximate surface area is 187 Å². The molecule has 2 aromatic carbocycles. The van der Waals surface area contributed by atoms with Crippen molar-refractivity contribution in [3.05, 3.63) is 52.5 Å². The van der Waals surface area contributed by atoms with Crippen LogP contribution in [0.4, 0.5) is 5.69 Å². The molecule has 0 spiro atoms. The number of nitrogens with one attached hydrogen (secondary N) is 1. The largest absolute Gasteiger partial charge is 0.497 e. The normalized spacial score (nSPS) is 16.1. The average molecular weight is 452 g/mol. The summed E-state index contributed by atoms with van der Waals surface area (Å²) in [6, 6.07) is 12.4. The van der Waals surface area contributed by atoms with Gasteiger partial charge in [0.15, 0.2) is 0 Å². The molecule has 3 rings (SSSR count). The number of hydrogen-bond acceptors (Lipinski definition) is 5. The van der Waals surface area contributed by atoms with Crippen LogP contribution in [0.3, 0.4) is 0 Å². The van der Waals surface area contributed by atoms with Gasteiger partial charge in [-0.25, -0.2) is 0 Å². The monoisotopic (exact) mass is 451 g/mol. The highest BCUT2D eigenvalue weighted by molar-refractivity contribution is 6.36. The van der Waals surface area contributed by atoms with Crippen molar-refractivity contribution in [1.29, 1.82) is 0 Å². The summed E-state index contributed by atoms with van der Waals surface area (Å²) in [7, 11) is 1.65. The predicted molar refractivity (Wildman–Crippen MR) is 121 cm³/mol. The molecule has 0 saturated carbocycles. The Morgan fingerprint density at radius 2 is 1.73 bits per heavy atom. The van der Waals surface area contributed by atoms with Crippen molar-refractivity contribution in [3.8, 4) is 11.5 Å². The molecule has 1 amide bonds. The number of carbonyl (C=O) groups is 1. The summed E-state index contributed by atoms with van der Waals surface area (Å²) in [5.74, 6) is 1.58. The molecular formula is C22H27Cl2N3O3. The van der Waals surface area contributed by atoms with E-state index >= 15 is 0 Å². The third-order valence-corrected chi connectivity index (χ3v) is 5.81. The number of amides is 1. The van der Waals surface area contributed by atoms with Crippen LogP contribution in [-0.4, -0.2) is 68.2 Å². The lowest BCUT2D eigenvalue weighted by atomic mass is 10.2. The zero-order valence-corrected chi connectivity index (χ0v) is 18.7. The summed E-state index contributed by atoms with van der Waals surface area (Å²) in [4.78, 5) is 17.1. The molecule has 30 heavy (non-hydrogen) atoms. The Morgan fingerprint density at radius 1 is 1.07 bits per heavy atom. The van der Waals surface area contributed by atoms with Crippen LogP contribution in [0.5, 0.6) is 11.5 Å². The van der Waals surface area contributed by atoms with Crippen molar-refractivity contribution in [1.82, 2.24) is 9.80 Å². The molecule has 162 valence electrons. The van der Waals surface area contributed by atoms with Gasteiger partial charge in [0.05, 0.1) is 23.9 Å². The van der Waals surface area contributed by atoms with Gasteiger partial charge in [0.1, 0.15) is 18.1 Å². The zero-order chi connectivity index (χ0) is 21.5. The Morgan fingerprint density at radius 3 is 2.37 bits per heavy atom. The van der Waals surface area contributed by atoms with Crippen molar-refractivity contribution in [2.24, 2.45) is 0 Å². The lowest BCUT2D eigenvalue weighted by Gasteiger charge is -2.37. The van der Waals surface area contributed by atoms with Crippen molar-refractivity contribution in [2.45, 2.75) is 13.0 Å². The Balaban J connectivity index is 1.40. The molecule has 0 radical (unpaired) electrons. The molecule has 8 heteroatoms. The molecule has 1 unspecified atom stereocenters. The standard InChI is InChI=1S/C22H27Cl2N3O3/c1-16(22(28)25-21-8-3-17(23)15-20(21)24)27-11-9-26(10-12-27)13-14-30-19-6-4-18(29-2)5-7-19/h3-8,15-16H,9-14H2,1-2H3,(H,25,28). The van der Waals surface area contributed by atoms with Crippen LogP contribution in [0.1, 0.15) is 6.92 Å². The number of carbonyl (C=O) groups excluding carboxylic acids is 1. The third-order valence-electron chi connectivity index (χ3n) is 5.26. The number of rotatable bonds is 8. The van der Waals surface area contributed by atoms with E-state index in [1.54, 1.807) is 25.3 Å². The van der Waals surface area contributed by atoms with E-state index < -0.39 is 0 Å². The zero-order valence-electron chi connectivity index (χ0n) is 17.2. The van der Waals surface area contributed by atoms with E-state index in [-0.39, 0.29) is 11.9 Å². The lowest BCUT2D eigenvalue weighted by Crippen LogP contribution is -2.53. The maximum atomic E-state index is 12.6. The maximum Gasteiger partial charge on any atom is 0.241 e. The number of benzene rings is 2. The second-order valence-corrected chi connectivity index (χ2v) is 8.03. The van der Waals surface area contributed by atoms with E-state index in [2.05, 4.69) is 15.1 Å². The van der Waals surface area contributed by atoms with Gasteiger partial charge in [-0.3, -0.25) is 14.6 Å². The molecule has 1 fully saturated rings. The molecule has 1 N–H and O–H groups in total. The fraction of sp³-hybridized carbons (Fsp3) is 0.409. The molecule has 1 heterocycles. The van der Waals surface area contributed by atoms with Gasteiger partial charge < -0.3 is 14.8 Å². The molecule has 6 nitrogen and oxygen atoms in total. The van der Waals surface area contributed by atoms with Gasteiger partial charge in [-0.2, -0.15) is 0 Å². The van der Waals surface area contributed by atoms with Gasteiger partial charge in [-0.05, 0) is 49.4 Å². The molecule has 1 saturated heterocycles. The molecule has 1 aliphatic rings. The van der Waals surface area contributed by atoms with Crippen LogP contribution in [0.2, 0.25) is 10.0 Å². The highest BCUT2D eigenvalue weighted by atomic mass is 35.5. The first-order chi connectivity index (χ1) is 14.5. The van der Waals surface area contributed by atoms with Crippen molar-refractivity contribution >= 4 is 34.8 Å². The molecule has 1 aliphatic heterocycles. The maximum absolute atomic E-state index is 12.6. The van der Waals surface area contributed by atoms with Gasteiger partial charge >= 0.3 is 0 Å². The van der Waals surface area contributed by atoms with E-state index in [0.29, 0.717) is 22.3 Å². The minimum absolute atomic E-state index is 0.0736. The van der Waals surface area contributed by atoms with E-state index in [9.17, 15) is 4.79 Å². The van der Waals surface area contributed by atoms with Crippen molar-refractivity contribution in [3.63, 3.8) is 0 Å². The van der Waals surface area contributed by atoms with Crippen LogP contribution in [0, 0.1) is 0 Å². The average Bonchev–Trinajstić information content (AvgIpc) is 2.76. The quantitative estimate of drug-likeness (QED) is 0.656. The van der Waals surface area contributed by atoms with Crippen LogP contribution < -0.4 is 14.8 Å². The molecule has 1 atom stereocenters. The first-order valence-electron chi connectivity index (χ1n) is 9.95. The van der Waals surface area contributed by atoms with Crippen molar-refractivity contribution < 1.29 is 14.3 Å². The van der Waals surface area contributed by atoms with E-state index in [1.807, 2.05) is 31.2 Å². The summed E-state index contributed by atoms with van der Waals surface area (Å²) in [6.45, 7) is 6.83. The Bertz CT molecular complexity index is 840. The van der Waals surface area contributed by atoms with Gasteiger partial charge in [-0.1, -0.05) is 23.2 Å². The minimum Gasteiger partial charge on any atom is -0.497 e. The summed E-state index contributed by atoms with van der Waals surface area (Å²) >= 11 is 12.1. The number of piperazine rings is 1. The first kappa shape index (κ1) is 22.7. The summed E-state index contributed by atoms with van der Waals surface area (Å²) in [5, 5.41) is 3.87. The predicted octanol–water partition coefficient (Wildman–Crippen LogP) is 4.03. The van der Waals surface area contributed by atoms with Crippen LogP contribution in [0.15, 0.2) is 42.5 Å². The number of hydrogen-bond donors (Lipinski definition) is 1. The first-order valence-corrected chi connectivity index (χ1v) is 10.7. The SMILES string of the molecule is COc1ccc(OCCN2CCN(C(C)C(=O)Nc3ccc(Cl)cc3Cl)CC2)cc1. The van der Waals surface area contributed by atoms with E-state index in [1.165, 1.54) is 0 Å². The molecule has 0 aromatic heterocycles. The second kappa shape index (κ2) is 10.9. The highest BCUT2D eigenvalue weighted by Gasteiger charge is 2.25. The fourth-order valence-electron chi connectivity index (χ4n) is 3.33. The Hall–Kier alpha value is -1.99. The number of ether oxygens (including phenoxy) is 2.